The number of ether oxygens (including phenoxy) is 3. The molecule has 16 nitrogen and oxygen atoms in total. The molecule has 0 radical (unpaired) electrons. The summed E-state index contributed by atoms with van der Waals surface area (Å²) in [6.45, 7) is 35.5. The first kappa shape index (κ1) is 59.7. The Kier molecular flexibility index (Phi) is 22.1. The van der Waals surface area contributed by atoms with Crippen LogP contribution >= 0.6 is 12.4 Å². The largest absolute Gasteiger partial charge is 0.507 e. The van der Waals surface area contributed by atoms with Crippen molar-refractivity contribution >= 4 is 45.9 Å². The van der Waals surface area contributed by atoms with Gasteiger partial charge in [-0.1, -0.05) is 66.0 Å². The van der Waals surface area contributed by atoms with Crippen LogP contribution in [0.15, 0.2) is 18.2 Å². The molecular formula is C51H86ClN5O11Si2. The minimum Gasteiger partial charge on any atom is -0.507 e. The first-order valence-corrected chi connectivity index (χ1v) is 32.3. The topological polar surface area (TPSA) is 219 Å². The van der Waals surface area contributed by atoms with E-state index in [0.29, 0.717) is 0 Å². The average Bonchev–Trinajstić information content (AvgIpc) is 3.32. The molecule has 2 aromatic carbocycles. The van der Waals surface area contributed by atoms with E-state index in [4.69, 9.17) is 19.9 Å². The van der Waals surface area contributed by atoms with E-state index >= 15 is 0 Å². The van der Waals surface area contributed by atoms with Gasteiger partial charge in [0.2, 0.25) is 5.78 Å². The van der Waals surface area contributed by atoms with Gasteiger partial charge in [0, 0.05) is 84.3 Å². The first-order valence-electron chi connectivity index (χ1n) is 25.4. The molecule has 6 atom stereocenters. The number of nitrogens with two attached hydrogens (primary N) is 1. The number of fused-ring (bicyclic) bond motifs is 3. The lowest BCUT2D eigenvalue weighted by atomic mass is 9.72. The van der Waals surface area contributed by atoms with E-state index < -0.39 is 112 Å². The van der Waals surface area contributed by atoms with E-state index in [2.05, 4.69) is 73.5 Å². The van der Waals surface area contributed by atoms with Crippen molar-refractivity contribution < 1.29 is 54.1 Å². The molecule has 0 unspecified atom stereocenters. The number of halogens is 1. The quantitative estimate of drug-likeness (QED) is 0.121. The zero-order chi connectivity index (χ0) is 51.0. The van der Waals surface area contributed by atoms with Crippen molar-refractivity contribution in [3.8, 4) is 17.2 Å². The van der Waals surface area contributed by atoms with Crippen LogP contribution < -0.4 is 10.5 Å². The maximum absolute atomic E-state index is 13.6. The van der Waals surface area contributed by atoms with Gasteiger partial charge in [0.25, 0.3) is 0 Å². The molecular weight excluding hydrogens is 950 g/mol. The molecule has 0 spiro atoms. The second kappa shape index (κ2) is 25.9. The molecule has 2 aliphatic heterocycles. The fraction of sp³-hybridized carbons (Fsp3) is 0.706. The van der Waals surface area contributed by atoms with Gasteiger partial charge in [0.1, 0.15) is 29.5 Å². The lowest BCUT2D eigenvalue weighted by Gasteiger charge is -2.42. The maximum atomic E-state index is 13.6. The molecule has 2 aliphatic carbocycles. The van der Waals surface area contributed by atoms with Gasteiger partial charge in [-0.2, -0.15) is 0 Å². The maximum Gasteiger partial charge on any atom is 0.202 e. The summed E-state index contributed by atoms with van der Waals surface area (Å²) in [5.74, 6) is -3.77. The van der Waals surface area contributed by atoms with Crippen LogP contribution in [0.2, 0.25) is 50.4 Å². The van der Waals surface area contributed by atoms with Crippen molar-refractivity contribution in [1.82, 2.24) is 19.6 Å². The number of likely N-dealkylation sites (N-methyl/N-ethyl adjacent to an activating group) is 4. The van der Waals surface area contributed by atoms with E-state index in [1.807, 2.05) is 0 Å². The van der Waals surface area contributed by atoms with Crippen molar-refractivity contribution in [3.63, 3.8) is 0 Å². The molecule has 2 fully saturated rings. The average molecular weight is 1040 g/mol. The zero-order valence-electron chi connectivity index (χ0n) is 43.7. The fourth-order valence-electron chi connectivity index (χ4n) is 10.1. The molecule has 0 aromatic heterocycles. The fourth-order valence-corrected chi connectivity index (χ4v) is 14.3. The van der Waals surface area contributed by atoms with Gasteiger partial charge in [-0.15, -0.1) is 12.4 Å². The number of aliphatic hydroxyl groups is 3. The van der Waals surface area contributed by atoms with Gasteiger partial charge in [-0.25, -0.2) is 0 Å². The Bertz CT molecular complexity index is 2010. The lowest BCUT2D eigenvalue weighted by molar-refractivity contribution is -0.247. The lowest BCUT2D eigenvalue weighted by Crippen LogP contribution is -2.53. The van der Waals surface area contributed by atoms with Crippen LogP contribution in [0, 0.1) is 0 Å². The van der Waals surface area contributed by atoms with Gasteiger partial charge >= 0.3 is 0 Å². The summed E-state index contributed by atoms with van der Waals surface area (Å²) in [5, 5.41) is 53.7. The Hall–Kier alpha value is -2.83. The normalized spacial score (nSPS) is 27.6. The van der Waals surface area contributed by atoms with Gasteiger partial charge in [-0.3, -0.25) is 14.4 Å². The number of methoxy groups -OCH3 is 1. The number of phenols is 2. The molecule has 70 heavy (non-hydrogen) atoms. The molecule has 7 N–H and O–H groups in total. The number of Topliss-reactive ketones (excluding diaryl/α,β-unsaturated/α-hetero) is 1. The minimum atomic E-state index is -2.24. The second-order valence-corrected chi connectivity index (χ2v) is 31.9. The van der Waals surface area contributed by atoms with Crippen LogP contribution in [0.4, 0.5) is 0 Å². The highest BCUT2D eigenvalue weighted by molar-refractivity contribution is 6.77. The third-order valence-electron chi connectivity index (χ3n) is 15.5. The van der Waals surface area contributed by atoms with E-state index in [9.17, 15) is 39.9 Å². The monoisotopic (exact) mass is 1040 g/mol. The van der Waals surface area contributed by atoms with Crippen molar-refractivity contribution in [2.75, 3.05) is 92.3 Å². The highest BCUT2D eigenvalue weighted by Gasteiger charge is 2.50. The number of rotatable bonds is 9. The molecule has 396 valence electrons. The Morgan fingerprint density at radius 3 is 1.69 bits per heavy atom. The number of carbonyl (C=O) groups is 3. The van der Waals surface area contributed by atoms with Gasteiger partial charge in [0.05, 0.1) is 42.1 Å². The zero-order valence-corrected chi connectivity index (χ0v) is 46.5. The molecule has 2 aromatic rings. The van der Waals surface area contributed by atoms with Crippen LogP contribution in [-0.2, 0) is 20.7 Å². The number of carbonyl (C=O) groups excluding carboxylic acids is 3. The number of hydrogen-bond donors (Lipinski definition) is 6. The van der Waals surface area contributed by atoms with Crippen LogP contribution in [-0.4, -0.2) is 201 Å². The Balaban J connectivity index is 0.000000312. The van der Waals surface area contributed by atoms with Crippen LogP contribution in [0.25, 0.3) is 0 Å². The van der Waals surface area contributed by atoms with Crippen LogP contribution in [0.1, 0.15) is 96.5 Å². The first-order chi connectivity index (χ1) is 32.6. The van der Waals surface area contributed by atoms with E-state index in [0.717, 1.165) is 0 Å². The smallest absolute Gasteiger partial charge is 0.202 e. The van der Waals surface area contributed by atoms with Crippen molar-refractivity contribution in [3.05, 3.63) is 51.6 Å². The predicted molar refractivity (Wildman–Crippen MR) is 282 cm³/mol. The summed E-state index contributed by atoms with van der Waals surface area (Å²) >= 11 is 0. The molecule has 19 heteroatoms. The number of hydrogen-bond acceptors (Lipinski definition) is 16. The van der Waals surface area contributed by atoms with Gasteiger partial charge in [0.15, 0.2) is 17.9 Å². The van der Waals surface area contributed by atoms with Crippen molar-refractivity contribution in [1.29, 1.82) is 0 Å². The summed E-state index contributed by atoms with van der Waals surface area (Å²) in [6, 6.07) is 9.43. The summed E-state index contributed by atoms with van der Waals surface area (Å²) in [4.78, 5) is 50.6. The number of aliphatic hydroxyl groups excluding tert-OH is 2. The number of ketones is 3. The third kappa shape index (κ3) is 14.3. The van der Waals surface area contributed by atoms with Gasteiger partial charge in [-0.05, 0) is 89.5 Å². The number of aromatic hydroxyl groups is 2. The highest BCUT2D eigenvalue weighted by Crippen LogP contribution is 2.52. The molecule has 0 bridgehead atoms. The number of benzene rings is 2. The summed E-state index contributed by atoms with van der Waals surface area (Å²) < 4.78 is 17.0. The third-order valence-corrected chi connectivity index (χ3v) is 21.8. The Labute approximate surface area is 425 Å². The van der Waals surface area contributed by atoms with Crippen LogP contribution in [0.3, 0.4) is 0 Å². The van der Waals surface area contributed by atoms with E-state index in [1.54, 1.807) is 6.92 Å². The van der Waals surface area contributed by atoms with E-state index in [-0.39, 0.29) is 46.8 Å². The Morgan fingerprint density at radius 1 is 0.786 bits per heavy atom. The van der Waals surface area contributed by atoms with E-state index in [1.165, 1.54) is 128 Å². The summed E-state index contributed by atoms with van der Waals surface area (Å²) in [5.41, 5.74) is 2.37. The van der Waals surface area contributed by atoms with Crippen LogP contribution in [0.5, 0.6) is 17.2 Å². The van der Waals surface area contributed by atoms with Crippen molar-refractivity contribution in [2.45, 2.75) is 140 Å². The molecule has 4 aliphatic rings. The Morgan fingerprint density at radius 2 is 1.26 bits per heavy atom. The molecule has 0 amide bonds. The standard InChI is InChI=1S/C27H29NO11.C24H56N4Si2.ClH/c1-10-22(31)13(28)6-17(38-10)39-15-8-27(36,16(30)9-29)7-12-19(15)26(35)21-20(24(12)33)23(32)11-4-3-5-14(37-2)18(11)25(21)34;1-9-25-13-14-26(10-2)18-23-30(7,8)24-20-28(12-4)16-15-27(11-3)19-22-29(5,6)21-17-25;/h3-5,10,13,15,17,22,29,31,33,35-36H,6-9,28H2,1-2H3;9-24H2,1-8H3;1H/t10-,13-,15-,17-,22+,27-;;/m0../s1. The molecule has 2 saturated heterocycles. The second-order valence-electron chi connectivity index (χ2n) is 21.2. The highest BCUT2D eigenvalue weighted by atomic mass is 35.5. The SMILES string of the molecule is CCN1CCN(CC)CC[Si](C)(C)CCN(CC)CCN(CC)CC[Si](C)(C)CC1.COc1cccc2c1C(=O)c1c(O)c3c(c(O)c1C2=O)C[C@@](O)(C(=O)CO)C[C@@H]3O[C@H]1C[C@H](N)[C@H](O)[C@H](C)O1.Cl. The van der Waals surface area contributed by atoms with Crippen molar-refractivity contribution in [2.24, 2.45) is 5.73 Å². The minimum absolute atomic E-state index is 0. The molecule has 0 saturated carbocycles. The molecule has 6 rings (SSSR count). The number of nitrogens with zero attached hydrogens (tertiary/aromatic N) is 4. The summed E-state index contributed by atoms with van der Waals surface area (Å²) in [6.07, 6.45) is -5.12. The molecule has 2 heterocycles. The number of phenolic OH excluding ortho intramolecular Hbond substituents is 2. The predicted octanol–water partition coefficient (Wildman–Crippen LogP) is 5.13. The van der Waals surface area contributed by atoms with Gasteiger partial charge < -0.3 is 65.1 Å². The summed E-state index contributed by atoms with van der Waals surface area (Å²) in [7, 11) is -0.931.